The van der Waals surface area contributed by atoms with E-state index < -0.39 is 6.04 Å². The maximum Gasteiger partial charge on any atom is 0.242 e. The number of nitrogens with two attached hydrogens (primary N) is 1. The molecule has 2 amide bonds. The Bertz CT molecular complexity index is 429. The largest absolute Gasteiger partial charge is 0.370 e. The lowest BCUT2D eigenvalue weighted by atomic mass is 10.1. The Morgan fingerprint density at radius 3 is 2.00 bits per heavy atom. The first-order valence-electron chi connectivity index (χ1n) is 11.2. The summed E-state index contributed by atoms with van der Waals surface area (Å²) >= 11 is 0. The highest BCUT2D eigenvalue weighted by molar-refractivity contribution is 5.87. The minimum Gasteiger partial charge on any atom is -0.370 e. The minimum atomic E-state index is -0.588. The zero-order valence-corrected chi connectivity index (χ0v) is 18.1. The van der Waals surface area contributed by atoms with E-state index in [0.29, 0.717) is 25.9 Å². The molecular weight excluding hydrogens is 354 g/mol. The van der Waals surface area contributed by atoms with Crippen LogP contribution < -0.4 is 21.7 Å². The van der Waals surface area contributed by atoms with Crippen LogP contribution in [0.15, 0.2) is 0 Å². The fraction of sp³-hybridized carbons (Fsp3) is 0.857. The van der Waals surface area contributed by atoms with Crippen LogP contribution in [-0.2, 0) is 9.59 Å². The van der Waals surface area contributed by atoms with Gasteiger partial charge in [-0.15, -0.1) is 0 Å². The lowest BCUT2D eigenvalue weighted by Gasteiger charge is -2.19. The monoisotopic (exact) mass is 397 g/mol. The molecule has 28 heavy (non-hydrogen) atoms. The van der Waals surface area contributed by atoms with Crippen molar-refractivity contribution in [3.8, 4) is 0 Å². The minimum absolute atomic E-state index is 0.0842. The van der Waals surface area contributed by atoms with E-state index >= 15 is 0 Å². The van der Waals surface area contributed by atoms with Gasteiger partial charge in [-0.3, -0.25) is 15.0 Å². The van der Waals surface area contributed by atoms with Gasteiger partial charge in [-0.1, -0.05) is 71.6 Å². The molecule has 1 unspecified atom stereocenters. The average Bonchev–Trinajstić information content (AvgIpc) is 2.66. The molecule has 0 saturated heterocycles. The van der Waals surface area contributed by atoms with Gasteiger partial charge in [-0.25, -0.2) is 0 Å². The first-order valence-corrected chi connectivity index (χ1v) is 11.2. The second-order valence-electron chi connectivity index (χ2n) is 7.47. The van der Waals surface area contributed by atoms with E-state index in [1.165, 1.54) is 38.5 Å². The van der Waals surface area contributed by atoms with Crippen LogP contribution in [0, 0.1) is 5.41 Å². The highest BCUT2D eigenvalue weighted by Gasteiger charge is 2.20. The molecule has 0 aromatic heterocycles. The van der Waals surface area contributed by atoms with Crippen LogP contribution in [0.3, 0.4) is 0 Å². The Kier molecular flexibility index (Phi) is 17.4. The molecule has 0 radical (unpaired) electrons. The van der Waals surface area contributed by atoms with Gasteiger partial charge in [-0.2, -0.15) is 0 Å². The van der Waals surface area contributed by atoms with Crippen LogP contribution in [0.5, 0.6) is 0 Å². The molecule has 0 bridgehead atoms. The summed E-state index contributed by atoms with van der Waals surface area (Å²) in [6, 6.07) is -0.588. The Balaban J connectivity index is 4.23. The summed E-state index contributed by atoms with van der Waals surface area (Å²) in [5.41, 5.74) is 5.29. The van der Waals surface area contributed by atoms with Crippen LogP contribution in [-0.4, -0.2) is 36.9 Å². The van der Waals surface area contributed by atoms with Crippen LogP contribution in [0.4, 0.5) is 0 Å². The van der Waals surface area contributed by atoms with Crippen molar-refractivity contribution in [1.29, 1.82) is 5.41 Å². The first kappa shape index (κ1) is 26.2. The fourth-order valence-corrected chi connectivity index (χ4v) is 3.02. The van der Waals surface area contributed by atoms with E-state index in [-0.39, 0.29) is 17.8 Å². The highest BCUT2D eigenvalue weighted by atomic mass is 16.2. The Labute approximate surface area is 171 Å². The number of hydrogen-bond donors (Lipinski definition) is 5. The average molecular weight is 398 g/mol. The molecule has 0 aromatic rings. The molecular formula is C21H43N5O2. The fourth-order valence-electron chi connectivity index (χ4n) is 3.02. The molecule has 0 rings (SSSR count). The lowest BCUT2D eigenvalue weighted by Crippen LogP contribution is -2.48. The third-order valence-electron chi connectivity index (χ3n) is 4.74. The molecule has 0 fully saturated rings. The van der Waals surface area contributed by atoms with E-state index in [9.17, 15) is 9.59 Å². The van der Waals surface area contributed by atoms with Crippen molar-refractivity contribution in [3.63, 3.8) is 0 Å². The quantitative estimate of drug-likeness (QED) is 0.139. The van der Waals surface area contributed by atoms with E-state index in [4.69, 9.17) is 11.1 Å². The molecule has 6 N–H and O–H groups in total. The summed E-state index contributed by atoms with van der Waals surface area (Å²) in [5, 5.41) is 15.7. The van der Waals surface area contributed by atoms with Gasteiger partial charge in [0.25, 0.3) is 0 Å². The second kappa shape index (κ2) is 18.6. The number of carbonyl (C=O) groups is 2. The Hall–Kier alpha value is -1.79. The number of guanidine groups is 1. The molecule has 0 saturated carbocycles. The van der Waals surface area contributed by atoms with Gasteiger partial charge in [0.05, 0.1) is 0 Å². The zero-order valence-electron chi connectivity index (χ0n) is 18.1. The van der Waals surface area contributed by atoms with Crippen molar-refractivity contribution in [3.05, 3.63) is 0 Å². The lowest BCUT2D eigenvalue weighted by molar-refractivity contribution is -0.129. The van der Waals surface area contributed by atoms with Crippen molar-refractivity contribution in [2.24, 2.45) is 5.73 Å². The molecule has 0 aliphatic heterocycles. The van der Waals surface area contributed by atoms with Crippen molar-refractivity contribution in [2.45, 2.75) is 103 Å². The van der Waals surface area contributed by atoms with Gasteiger partial charge in [0.15, 0.2) is 5.96 Å². The third-order valence-corrected chi connectivity index (χ3v) is 4.74. The first-order chi connectivity index (χ1) is 13.5. The number of carbonyl (C=O) groups excluding carboxylic acids is 2. The van der Waals surface area contributed by atoms with Gasteiger partial charge >= 0.3 is 0 Å². The Morgan fingerprint density at radius 1 is 0.821 bits per heavy atom. The summed E-state index contributed by atoms with van der Waals surface area (Å²) in [5.74, 6) is -0.370. The number of unbranched alkanes of at least 4 members (excludes halogenated alkanes) is 9. The van der Waals surface area contributed by atoms with Crippen molar-refractivity contribution in [2.75, 3.05) is 13.1 Å². The molecule has 0 heterocycles. The molecule has 164 valence electrons. The van der Waals surface area contributed by atoms with Crippen molar-refractivity contribution < 1.29 is 9.59 Å². The highest BCUT2D eigenvalue weighted by Crippen LogP contribution is 2.06. The number of amides is 2. The van der Waals surface area contributed by atoms with Crippen molar-refractivity contribution >= 4 is 17.8 Å². The molecule has 7 heteroatoms. The Morgan fingerprint density at radius 2 is 1.39 bits per heavy atom. The van der Waals surface area contributed by atoms with Crippen LogP contribution >= 0.6 is 0 Å². The second-order valence-corrected chi connectivity index (χ2v) is 7.47. The number of nitrogens with one attached hydrogen (secondary N) is 4. The summed E-state index contributed by atoms with van der Waals surface area (Å²) in [7, 11) is 0. The van der Waals surface area contributed by atoms with E-state index in [2.05, 4.69) is 29.8 Å². The van der Waals surface area contributed by atoms with Gasteiger partial charge in [0, 0.05) is 19.5 Å². The van der Waals surface area contributed by atoms with E-state index in [1.54, 1.807) is 0 Å². The topological polar surface area (TPSA) is 120 Å². The molecule has 0 aliphatic carbocycles. The third kappa shape index (κ3) is 16.4. The predicted octanol–water partition coefficient (Wildman–Crippen LogP) is 3.18. The van der Waals surface area contributed by atoms with Gasteiger partial charge in [-0.05, 0) is 19.3 Å². The van der Waals surface area contributed by atoms with Crippen LogP contribution in [0.2, 0.25) is 0 Å². The van der Waals surface area contributed by atoms with Gasteiger partial charge in [0.1, 0.15) is 6.04 Å². The summed E-state index contributed by atoms with van der Waals surface area (Å²) in [4.78, 5) is 24.7. The summed E-state index contributed by atoms with van der Waals surface area (Å²) in [6.45, 7) is 5.37. The molecule has 7 nitrogen and oxygen atoms in total. The van der Waals surface area contributed by atoms with Crippen LogP contribution in [0.1, 0.15) is 97.3 Å². The normalized spacial score (nSPS) is 11.6. The maximum atomic E-state index is 12.5. The van der Waals surface area contributed by atoms with Gasteiger partial charge in [0.2, 0.25) is 11.8 Å². The summed E-state index contributed by atoms with van der Waals surface area (Å²) in [6.07, 6.45) is 13.3. The standard InChI is InChI=1S/C21H43N5O2/c1-3-5-7-9-11-13-16-24-20(28)18(15-17-25-21(22)23)26-19(27)14-12-10-8-6-4-2/h18H,3-17H2,1-2H3,(H,24,28)(H,26,27)(H4,22,23,25). The summed E-state index contributed by atoms with van der Waals surface area (Å²) < 4.78 is 0. The zero-order chi connectivity index (χ0) is 21.0. The van der Waals surface area contributed by atoms with Gasteiger partial charge < -0.3 is 21.7 Å². The maximum absolute atomic E-state index is 12.5. The molecule has 0 aliphatic rings. The van der Waals surface area contributed by atoms with Crippen molar-refractivity contribution in [1.82, 2.24) is 16.0 Å². The van der Waals surface area contributed by atoms with E-state index in [1.807, 2.05) is 0 Å². The SMILES string of the molecule is CCCCCCCCNC(=O)C(CCNC(=N)N)NC(=O)CCCCCCC. The molecule has 1 atom stereocenters. The smallest absolute Gasteiger partial charge is 0.242 e. The molecule has 0 spiro atoms. The number of rotatable bonds is 18. The number of hydrogen-bond acceptors (Lipinski definition) is 3. The van der Waals surface area contributed by atoms with Crippen LogP contribution in [0.25, 0.3) is 0 Å². The predicted molar refractivity (Wildman–Crippen MR) is 116 cm³/mol. The van der Waals surface area contributed by atoms with E-state index in [0.717, 1.165) is 32.1 Å². The molecule has 0 aromatic carbocycles.